The molecule has 0 saturated heterocycles. The van der Waals surface area contributed by atoms with Crippen molar-refractivity contribution >= 4 is 5.91 Å². The lowest BCUT2D eigenvalue weighted by atomic mass is 10.2. The average molecular weight is 276 g/mol. The monoisotopic (exact) mass is 276 g/mol. The second-order valence-corrected chi connectivity index (χ2v) is 4.54. The van der Waals surface area contributed by atoms with Gasteiger partial charge in [0.15, 0.2) is 0 Å². The zero-order valence-electron chi connectivity index (χ0n) is 11.8. The molecule has 0 aliphatic rings. The molecular weight excluding hydrogens is 256 g/mol. The average Bonchev–Trinajstić information content (AvgIpc) is 2.46. The Morgan fingerprint density at radius 3 is 3.00 bits per heavy atom. The third-order valence-electron chi connectivity index (χ3n) is 3.08. The molecule has 1 rings (SSSR count). The fraction of sp³-hybridized carbons (Fsp3) is 0.429. The minimum absolute atomic E-state index is 0.193. The number of amides is 1. The number of nitrogens with one attached hydrogen (secondary N) is 1. The maximum atomic E-state index is 11.4. The lowest BCUT2D eigenvalue weighted by Gasteiger charge is -2.22. The van der Waals surface area contributed by atoms with E-state index in [-0.39, 0.29) is 11.9 Å². The summed E-state index contributed by atoms with van der Waals surface area (Å²) in [6.07, 6.45) is 0.489. The summed E-state index contributed by atoms with van der Waals surface area (Å²) in [5.41, 5.74) is 2.53. The number of nitrogens with two attached hydrogens (primary N) is 1. The number of hydrogen-bond acceptors (Lipinski definition) is 5. The first-order chi connectivity index (χ1) is 9.58. The Kier molecular flexibility index (Phi) is 6.50. The van der Waals surface area contributed by atoms with E-state index in [2.05, 4.69) is 16.4 Å². The molecule has 0 heterocycles. The summed E-state index contributed by atoms with van der Waals surface area (Å²) >= 11 is 0. The largest absolute Gasteiger partial charge is 0.492 e. The molecule has 1 atom stereocenters. The molecule has 0 radical (unpaired) electrons. The molecule has 0 aliphatic heterocycles. The van der Waals surface area contributed by atoms with Gasteiger partial charge in [-0.2, -0.15) is 5.26 Å². The Labute approximate surface area is 119 Å². The highest BCUT2D eigenvalue weighted by Crippen LogP contribution is 2.13. The molecule has 6 heteroatoms. The van der Waals surface area contributed by atoms with Crippen LogP contribution in [0.25, 0.3) is 0 Å². The lowest BCUT2D eigenvalue weighted by molar-refractivity contribution is 0.0953. The number of likely N-dealkylation sites (N-methyl/N-ethyl adjacent to an activating group) is 1. The molecule has 0 bridgehead atoms. The van der Waals surface area contributed by atoms with Crippen molar-refractivity contribution < 1.29 is 9.53 Å². The second kappa shape index (κ2) is 8.15. The van der Waals surface area contributed by atoms with Crippen molar-refractivity contribution in [2.24, 2.45) is 5.84 Å². The van der Waals surface area contributed by atoms with Gasteiger partial charge in [-0.15, -0.1) is 0 Å². The molecule has 6 nitrogen and oxygen atoms in total. The number of nitrogen functional groups attached to an aromatic ring is 1. The van der Waals surface area contributed by atoms with Crippen LogP contribution in [-0.2, 0) is 0 Å². The Morgan fingerprint density at radius 2 is 2.35 bits per heavy atom. The van der Waals surface area contributed by atoms with Crippen LogP contribution in [-0.4, -0.2) is 37.0 Å². The molecule has 20 heavy (non-hydrogen) atoms. The fourth-order valence-electron chi connectivity index (χ4n) is 1.63. The Bertz CT molecular complexity index is 484. The van der Waals surface area contributed by atoms with Gasteiger partial charge in [0.25, 0.3) is 5.91 Å². The number of nitriles is 1. The maximum absolute atomic E-state index is 11.4. The highest BCUT2D eigenvalue weighted by atomic mass is 16.5. The van der Waals surface area contributed by atoms with Crippen LogP contribution in [0.2, 0.25) is 0 Å². The molecule has 1 unspecified atom stereocenters. The van der Waals surface area contributed by atoms with Crippen LogP contribution in [0.1, 0.15) is 23.7 Å². The molecule has 0 saturated carbocycles. The number of benzene rings is 1. The van der Waals surface area contributed by atoms with Crippen molar-refractivity contribution in [3.63, 3.8) is 0 Å². The van der Waals surface area contributed by atoms with Crippen molar-refractivity contribution in [3.05, 3.63) is 29.8 Å². The quantitative estimate of drug-likeness (QED) is 0.438. The standard InChI is InChI=1S/C14H20N4O2/c1-11(6-7-15)18(2)8-9-20-13-5-3-4-12(10-13)14(19)17-16/h3-5,10-11H,6,8-9,16H2,1-2H3,(H,17,19). The minimum atomic E-state index is -0.352. The minimum Gasteiger partial charge on any atom is -0.492 e. The van der Waals surface area contributed by atoms with E-state index in [9.17, 15) is 4.79 Å². The Balaban J connectivity index is 2.46. The van der Waals surface area contributed by atoms with Crippen LogP contribution < -0.4 is 16.0 Å². The first kappa shape index (κ1) is 16.0. The van der Waals surface area contributed by atoms with Gasteiger partial charge >= 0.3 is 0 Å². The zero-order chi connectivity index (χ0) is 15.0. The van der Waals surface area contributed by atoms with Crippen molar-refractivity contribution in [3.8, 4) is 11.8 Å². The van der Waals surface area contributed by atoms with Gasteiger partial charge in [0.2, 0.25) is 0 Å². The molecule has 0 aliphatic carbocycles. The van der Waals surface area contributed by atoms with E-state index < -0.39 is 0 Å². The van der Waals surface area contributed by atoms with Gasteiger partial charge in [-0.3, -0.25) is 15.1 Å². The number of rotatable bonds is 7. The van der Waals surface area contributed by atoms with E-state index in [1.54, 1.807) is 24.3 Å². The molecule has 3 N–H and O–H groups in total. The highest BCUT2D eigenvalue weighted by Gasteiger charge is 2.09. The summed E-state index contributed by atoms with van der Waals surface area (Å²) in [6, 6.07) is 9.16. The van der Waals surface area contributed by atoms with Gasteiger partial charge in [0.1, 0.15) is 12.4 Å². The van der Waals surface area contributed by atoms with Crippen LogP contribution in [0, 0.1) is 11.3 Å². The summed E-state index contributed by atoms with van der Waals surface area (Å²) in [5, 5.41) is 8.64. The predicted octanol–water partition coefficient (Wildman–Crippen LogP) is 0.903. The summed E-state index contributed by atoms with van der Waals surface area (Å²) in [5.74, 6) is 5.35. The molecule has 1 amide bonds. The highest BCUT2D eigenvalue weighted by molar-refractivity contribution is 5.94. The van der Waals surface area contributed by atoms with Crippen LogP contribution in [0.15, 0.2) is 24.3 Å². The summed E-state index contributed by atoms with van der Waals surface area (Å²) in [4.78, 5) is 13.4. The maximum Gasteiger partial charge on any atom is 0.265 e. The summed E-state index contributed by atoms with van der Waals surface area (Å²) < 4.78 is 5.59. The van der Waals surface area contributed by atoms with Crippen molar-refractivity contribution in [2.75, 3.05) is 20.2 Å². The Morgan fingerprint density at radius 1 is 1.60 bits per heavy atom. The van der Waals surface area contributed by atoms with E-state index in [0.29, 0.717) is 30.9 Å². The zero-order valence-corrected chi connectivity index (χ0v) is 11.8. The van der Waals surface area contributed by atoms with Crippen LogP contribution >= 0.6 is 0 Å². The van der Waals surface area contributed by atoms with Crippen LogP contribution in [0.5, 0.6) is 5.75 Å². The molecular formula is C14H20N4O2. The number of hydrogen-bond donors (Lipinski definition) is 2. The van der Waals surface area contributed by atoms with Crippen molar-refractivity contribution in [1.82, 2.24) is 10.3 Å². The topological polar surface area (TPSA) is 91.4 Å². The number of carbonyl (C=O) groups is 1. The van der Waals surface area contributed by atoms with Gasteiger partial charge in [-0.1, -0.05) is 6.07 Å². The molecule has 0 aromatic heterocycles. The SMILES string of the molecule is CC(CC#N)N(C)CCOc1cccc(C(=O)NN)c1. The van der Waals surface area contributed by atoms with Crippen LogP contribution in [0.4, 0.5) is 0 Å². The first-order valence-corrected chi connectivity index (χ1v) is 6.39. The molecule has 108 valence electrons. The van der Waals surface area contributed by atoms with Gasteiger partial charge in [0.05, 0.1) is 12.5 Å². The normalized spacial score (nSPS) is 11.8. The molecule has 1 aromatic carbocycles. The number of nitrogens with zero attached hydrogens (tertiary/aromatic N) is 2. The molecule has 0 fully saturated rings. The van der Waals surface area contributed by atoms with E-state index in [1.165, 1.54) is 0 Å². The van der Waals surface area contributed by atoms with E-state index in [0.717, 1.165) is 0 Å². The van der Waals surface area contributed by atoms with E-state index >= 15 is 0 Å². The van der Waals surface area contributed by atoms with E-state index in [1.807, 2.05) is 14.0 Å². The van der Waals surface area contributed by atoms with E-state index in [4.69, 9.17) is 15.8 Å². The van der Waals surface area contributed by atoms with Gasteiger partial charge in [0, 0.05) is 18.2 Å². The predicted molar refractivity (Wildman–Crippen MR) is 75.9 cm³/mol. The smallest absolute Gasteiger partial charge is 0.265 e. The van der Waals surface area contributed by atoms with Gasteiger partial charge in [-0.25, -0.2) is 5.84 Å². The summed E-state index contributed by atoms with van der Waals surface area (Å²) in [6.45, 7) is 3.19. The fourth-order valence-corrected chi connectivity index (χ4v) is 1.63. The van der Waals surface area contributed by atoms with Gasteiger partial charge < -0.3 is 4.74 Å². The number of ether oxygens (including phenoxy) is 1. The van der Waals surface area contributed by atoms with Crippen molar-refractivity contribution in [1.29, 1.82) is 5.26 Å². The van der Waals surface area contributed by atoms with Gasteiger partial charge in [-0.05, 0) is 32.2 Å². The summed E-state index contributed by atoms with van der Waals surface area (Å²) in [7, 11) is 1.95. The molecule has 1 aromatic rings. The van der Waals surface area contributed by atoms with Crippen LogP contribution in [0.3, 0.4) is 0 Å². The lowest BCUT2D eigenvalue weighted by Crippen LogP contribution is -2.32. The number of carbonyl (C=O) groups excluding carboxylic acids is 1. The molecule has 0 spiro atoms. The van der Waals surface area contributed by atoms with Crippen molar-refractivity contribution in [2.45, 2.75) is 19.4 Å². The second-order valence-electron chi connectivity index (χ2n) is 4.54. The first-order valence-electron chi connectivity index (χ1n) is 6.39. The Hall–Kier alpha value is -2.10. The third-order valence-corrected chi connectivity index (χ3v) is 3.08. The third kappa shape index (κ3) is 4.88. The number of hydrazine groups is 1.